The molecule has 0 aliphatic heterocycles. The molecule has 0 bridgehead atoms. The second-order valence-electron chi connectivity index (χ2n) is 5.51. The molecule has 5 nitrogen and oxygen atoms in total. The van der Waals surface area contributed by atoms with Crippen molar-refractivity contribution < 1.29 is 14.3 Å². The number of amides is 1. The van der Waals surface area contributed by atoms with E-state index in [9.17, 15) is 4.79 Å². The fraction of sp³-hybridized carbons (Fsp3) is 0.316. The Morgan fingerprint density at radius 3 is 2.52 bits per heavy atom. The van der Waals surface area contributed by atoms with Gasteiger partial charge >= 0.3 is 0 Å². The molecule has 0 unspecified atom stereocenters. The number of ether oxygens (including phenoxy) is 2. The molecule has 2 aromatic rings. The van der Waals surface area contributed by atoms with Gasteiger partial charge < -0.3 is 20.1 Å². The zero-order chi connectivity index (χ0) is 18.1. The predicted molar refractivity (Wildman–Crippen MR) is 101 cm³/mol. The van der Waals surface area contributed by atoms with Crippen LogP contribution in [0.25, 0.3) is 0 Å². The number of nitrogens with one attached hydrogen (secondary N) is 2. The van der Waals surface area contributed by atoms with Gasteiger partial charge in [-0.1, -0.05) is 17.7 Å². The molecule has 0 fully saturated rings. The number of hydrogen-bond donors (Lipinski definition) is 2. The second kappa shape index (κ2) is 9.79. The van der Waals surface area contributed by atoms with Crippen LogP contribution in [-0.4, -0.2) is 32.7 Å². The summed E-state index contributed by atoms with van der Waals surface area (Å²) in [5.74, 6) is 1.50. The molecule has 2 N–H and O–H groups in total. The van der Waals surface area contributed by atoms with Gasteiger partial charge in [-0.3, -0.25) is 4.79 Å². The molecule has 1 amide bonds. The van der Waals surface area contributed by atoms with Gasteiger partial charge in [0.25, 0.3) is 0 Å². The second-order valence-corrected chi connectivity index (χ2v) is 5.95. The standard InChI is InChI=1S/C19H23ClN2O3/c1-14-3-4-15(20)13-18(14)21-10-9-19(23)22-11-12-25-17-7-5-16(24-2)6-8-17/h3-8,13,21H,9-12H2,1-2H3,(H,22,23). The highest BCUT2D eigenvalue weighted by Crippen LogP contribution is 2.20. The summed E-state index contributed by atoms with van der Waals surface area (Å²) in [5, 5.41) is 6.73. The minimum absolute atomic E-state index is 0.0227. The third-order valence-electron chi connectivity index (χ3n) is 3.62. The van der Waals surface area contributed by atoms with Crippen LogP contribution in [-0.2, 0) is 4.79 Å². The van der Waals surface area contributed by atoms with Crippen LogP contribution in [0.2, 0.25) is 5.02 Å². The van der Waals surface area contributed by atoms with Crippen LogP contribution < -0.4 is 20.1 Å². The number of methoxy groups -OCH3 is 1. The Balaban J connectivity index is 1.61. The van der Waals surface area contributed by atoms with Gasteiger partial charge in [-0.15, -0.1) is 0 Å². The molecular weight excluding hydrogens is 340 g/mol. The van der Waals surface area contributed by atoms with E-state index in [-0.39, 0.29) is 5.91 Å². The van der Waals surface area contributed by atoms with Crippen LogP contribution in [0.3, 0.4) is 0 Å². The fourth-order valence-electron chi connectivity index (χ4n) is 2.22. The predicted octanol–water partition coefficient (Wildman–Crippen LogP) is 3.65. The largest absolute Gasteiger partial charge is 0.497 e. The Bertz CT molecular complexity index is 690. The Hall–Kier alpha value is -2.40. The summed E-state index contributed by atoms with van der Waals surface area (Å²) < 4.78 is 10.6. The highest BCUT2D eigenvalue weighted by molar-refractivity contribution is 6.30. The number of carbonyl (C=O) groups excluding carboxylic acids is 1. The molecule has 25 heavy (non-hydrogen) atoms. The van der Waals surface area contributed by atoms with Crippen molar-refractivity contribution in [1.29, 1.82) is 0 Å². The van der Waals surface area contributed by atoms with Gasteiger partial charge in [-0.25, -0.2) is 0 Å². The normalized spacial score (nSPS) is 10.2. The number of rotatable bonds is 9. The van der Waals surface area contributed by atoms with Crippen LogP contribution in [0.4, 0.5) is 5.69 Å². The van der Waals surface area contributed by atoms with E-state index in [1.807, 2.05) is 49.4 Å². The smallest absolute Gasteiger partial charge is 0.221 e. The number of anilines is 1. The number of benzene rings is 2. The molecule has 0 heterocycles. The number of carbonyl (C=O) groups is 1. The molecule has 0 aliphatic carbocycles. The number of aryl methyl sites for hydroxylation is 1. The topological polar surface area (TPSA) is 59.6 Å². The van der Waals surface area contributed by atoms with Gasteiger partial charge in [-0.05, 0) is 48.9 Å². The summed E-state index contributed by atoms with van der Waals surface area (Å²) in [5.41, 5.74) is 2.04. The Morgan fingerprint density at radius 2 is 1.80 bits per heavy atom. The maximum atomic E-state index is 11.8. The highest BCUT2D eigenvalue weighted by Gasteiger charge is 2.03. The molecule has 0 saturated carbocycles. The van der Waals surface area contributed by atoms with Crippen molar-refractivity contribution in [3.05, 3.63) is 53.1 Å². The summed E-state index contributed by atoms with van der Waals surface area (Å²) in [6.45, 7) is 3.42. The van der Waals surface area contributed by atoms with Crippen molar-refractivity contribution in [1.82, 2.24) is 5.32 Å². The van der Waals surface area contributed by atoms with E-state index in [4.69, 9.17) is 21.1 Å². The van der Waals surface area contributed by atoms with E-state index in [2.05, 4.69) is 10.6 Å². The van der Waals surface area contributed by atoms with Crippen LogP contribution in [0.5, 0.6) is 11.5 Å². The molecule has 0 atom stereocenters. The van der Waals surface area contributed by atoms with Crippen molar-refractivity contribution >= 4 is 23.2 Å². The molecule has 6 heteroatoms. The van der Waals surface area contributed by atoms with Crippen LogP contribution in [0, 0.1) is 6.92 Å². The first-order valence-corrected chi connectivity index (χ1v) is 8.50. The minimum atomic E-state index is -0.0227. The molecule has 0 saturated heterocycles. The first-order chi connectivity index (χ1) is 12.1. The van der Waals surface area contributed by atoms with Crippen molar-refractivity contribution in [2.45, 2.75) is 13.3 Å². The van der Waals surface area contributed by atoms with Gasteiger partial charge in [0.05, 0.1) is 13.7 Å². The van der Waals surface area contributed by atoms with Gasteiger partial charge in [0, 0.05) is 23.7 Å². The molecular formula is C19H23ClN2O3. The molecule has 0 radical (unpaired) electrons. The molecule has 2 rings (SSSR count). The van der Waals surface area contributed by atoms with E-state index < -0.39 is 0 Å². The van der Waals surface area contributed by atoms with Crippen molar-refractivity contribution in [2.24, 2.45) is 0 Å². The first-order valence-electron chi connectivity index (χ1n) is 8.12. The van der Waals surface area contributed by atoms with Crippen LogP contribution >= 0.6 is 11.6 Å². The maximum absolute atomic E-state index is 11.8. The molecule has 134 valence electrons. The molecule has 2 aromatic carbocycles. The Labute approximate surface area is 153 Å². The van der Waals surface area contributed by atoms with Gasteiger partial charge in [0.2, 0.25) is 5.91 Å². The molecule has 0 aromatic heterocycles. The van der Waals surface area contributed by atoms with Gasteiger partial charge in [-0.2, -0.15) is 0 Å². The summed E-state index contributed by atoms with van der Waals surface area (Å²) in [4.78, 5) is 11.8. The first kappa shape index (κ1) is 18.9. The quantitative estimate of drug-likeness (QED) is 0.668. The average Bonchev–Trinajstić information content (AvgIpc) is 2.62. The zero-order valence-electron chi connectivity index (χ0n) is 14.5. The van der Waals surface area contributed by atoms with Crippen LogP contribution in [0.1, 0.15) is 12.0 Å². The lowest BCUT2D eigenvalue weighted by Gasteiger charge is -2.11. The van der Waals surface area contributed by atoms with Crippen molar-refractivity contribution in [3.63, 3.8) is 0 Å². The Kier molecular flexibility index (Phi) is 7.41. The third-order valence-corrected chi connectivity index (χ3v) is 3.85. The lowest BCUT2D eigenvalue weighted by atomic mass is 10.2. The SMILES string of the molecule is COc1ccc(OCCNC(=O)CCNc2cc(Cl)ccc2C)cc1. The van der Waals surface area contributed by atoms with Gasteiger partial charge in [0.1, 0.15) is 18.1 Å². The van der Waals surface area contributed by atoms with Crippen LogP contribution in [0.15, 0.2) is 42.5 Å². The monoisotopic (exact) mass is 362 g/mol. The molecule has 0 aliphatic rings. The summed E-state index contributed by atoms with van der Waals surface area (Å²) in [6.07, 6.45) is 0.383. The Morgan fingerprint density at radius 1 is 1.08 bits per heavy atom. The van der Waals surface area contributed by atoms with E-state index in [0.29, 0.717) is 31.1 Å². The van der Waals surface area contributed by atoms with E-state index >= 15 is 0 Å². The maximum Gasteiger partial charge on any atom is 0.221 e. The summed E-state index contributed by atoms with van der Waals surface area (Å²) in [7, 11) is 1.62. The highest BCUT2D eigenvalue weighted by atomic mass is 35.5. The lowest BCUT2D eigenvalue weighted by molar-refractivity contribution is -0.120. The lowest BCUT2D eigenvalue weighted by Crippen LogP contribution is -2.29. The summed E-state index contributed by atoms with van der Waals surface area (Å²) in [6, 6.07) is 13.0. The number of halogens is 1. The minimum Gasteiger partial charge on any atom is -0.497 e. The third kappa shape index (κ3) is 6.55. The van der Waals surface area contributed by atoms with Gasteiger partial charge in [0.15, 0.2) is 0 Å². The summed E-state index contributed by atoms with van der Waals surface area (Å²) >= 11 is 5.97. The van der Waals surface area contributed by atoms with E-state index in [1.165, 1.54) is 0 Å². The van der Waals surface area contributed by atoms with Crippen molar-refractivity contribution in [3.8, 4) is 11.5 Å². The molecule has 0 spiro atoms. The number of hydrogen-bond acceptors (Lipinski definition) is 4. The van der Waals surface area contributed by atoms with E-state index in [1.54, 1.807) is 7.11 Å². The average molecular weight is 363 g/mol. The van der Waals surface area contributed by atoms with E-state index in [0.717, 1.165) is 22.7 Å². The fourth-order valence-corrected chi connectivity index (χ4v) is 2.39. The van der Waals surface area contributed by atoms with Crippen molar-refractivity contribution in [2.75, 3.05) is 32.1 Å². The zero-order valence-corrected chi connectivity index (χ0v) is 15.2.